The number of ether oxygens (including phenoxy) is 1. The summed E-state index contributed by atoms with van der Waals surface area (Å²) in [5, 5.41) is 0. The fraction of sp³-hybridized carbons (Fsp3) is 0.500. The van der Waals surface area contributed by atoms with Crippen molar-refractivity contribution in [2.45, 2.75) is 25.2 Å². The molecule has 7 heteroatoms. The van der Waals surface area contributed by atoms with E-state index in [0.29, 0.717) is 24.3 Å². The molecule has 0 aliphatic heterocycles. The maximum Gasteiger partial charge on any atom is 0.240 e. The Morgan fingerprint density at radius 3 is 2.53 bits per heavy atom. The molecule has 3 N–H and O–H groups in total. The quantitative estimate of drug-likeness (QED) is 0.574. The van der Waals surface area contributed by atoms with Gasteiger partial charge in [0.15, 0.2) is 0 Å². The minimum Gasteiger partial charge on any atom is -0.496 e. The van der Waals surface area contributed by atoms with Crippen LogP contribution in [0.1, 0.15) is 17.5 Å². The maximum atomic E-state index is 12.1. The van der Waals surface area contributed by atoms with E-state index in [0.717, 1.165) is 5.56 Å². The van der Waals surface area contributed by atoms with Crippen LogP contribution in [-0.4, -0.2) is 28.7 Å². The summed E-state index contributed by atoms with van der Waals surface area (Å²) < 4.78 is 32.0. The third-order valence-electron chi connectivity index (χ3n) is 2.71. The number of hydrogen-bond acceptors (Lipinski definition) is 5. The van der Waals surface area contributed by atoms with E-state index in [1.54, 1.807) is 33.1 Å². The molecule has 1 rings (SSSR count). The van der Waals surface area contributed by atoms with Gasteiger partial charge in [-0.3, -0.25) is 0 Å². The van der Waals surface area contributed by atoms with Crippen LogP contribution in [0.4, 0.5) is 0 Å². The summed E-state index contributed by atoms with van der Waals surface area (Å²) in [4.78, 5) is 4.65. The zero-order valence-corrected chi connectivity index (χ0v) is 12.2. The third kappa shape index (κ3) is 4.17. The van der Waals surface area contributed by atoms with E-state index in [2.05, 4.69) is 9.56 Å². The van der Waals surface area contributed by atoms with E-state index >= 15 is 0 Å². The zero-order valence-electron chi connectivity index (χ0n) is 11.4. The number of aryl methyl sites for hydroxylation is 2. The van der Waals surface area contributed by atoms with Gasteiger partial charge in [0.2, 0.25) is 10.0 Å². The minimum absolute atomic E-state index is 0.263. The lowest BCUT2D eigenvalue weighted by Gasteiger charge is -2.12. The summed E-state index contributed by atoms with van der Waals surface area (Å²) in [5.74, 6) is 5.55. The molecule has 0 amide bonds. The summed E-state index contributed by atoms with van der Waals surface area (Å²) >= 11 is 0. The Morgan fingerprint density at radius 1 is 1.26 bits per heavy atom. The zero-order chi connectivity index (χ0) is 14.5. The van der Waals surface area contributed by atoms with Crippen molar-refractivity contribution in [2.24, 2.45) is 5.90 Å². The van der Waals surface area contributed by atoms with E-state index in [9.17, 15) is 8.42 Å². The van der Waals surface area contributed by atoms with Crippen LogP contribution in [0.3, 0.4) is 0 Å². The van der Waals surface area contributed by atoms with Gasteiger partial charge in [-0.15, -0.1) is 0 Å². The van der Waals surface area contributed by atoms with Crippen LogP contribution in [0.2, 0.25) is 0 Å². The maximum absolute atomic E-state index is 12.1. The number of sulfonamides is 1. The first kappa shape index (κ1) is 15.9. The van der Waals surface area contributed by atoms with Crippen molar-refractivity contribution in [2.75, 3.05) is 20.3 Å². The number of methoxy groups -OCH3 is 1. The highest BCUT2D eigenvalue weighted by Crippen LogP contribution is 2.25. The third-order valence-corrected chi connectivity index (χ3v) is 4.32. The van der Waals surface area contributed by atoms with Crippen molar-refractivity contribution in [3.8, 4) is 5.75 Å². The highest BCUT2D eigenvalue weighted by molar-refractivity contribution is 7.89. The van der Waals surface area contributed by atoms with Crippen molar-refractivity contribution < 1.29 is 18.0 Å². The van der Waals surface area contributed by atoms with Gasteiger partial charge in [0.05, 0.1) is 18.6 Å². The fourth-order valence-electron chi connectivity index (χ4n) is 1.71. The van der Waals surface area contributed by atoms with E-state index in [-0.39, 0.29) is 11.4 Å². The number of hydrogen-bond donors (Lipinski definition) is 2. The molecule has 6 nitrogen and oxygen atoms in total. The average molecular weight is 288 g/mol. The standard InChI is InChI=1S/C12H20N2O4S/c1-9-8-12(10(2)7-11(9)17-3)19(15,16)14-5-4-6-18-13/h7-8,14H,4-6,13H2,1-3H3. The summed E-state index contributed by atoms with van der Waals surface area (Å²) in [6.07, 6.45) is 0.518. The van der Waals surface area contributed by atoms with E-state index in [1.807, 2.05) is 0 Å². The van der Waals surface area contributed by atoms with Gasteiger partial charge >= 0.3 is 0 Å². The van der Waals surface area contributed by atoms with Gasteiger partial charge in [-0.25, -0.2) is 19.0 Å². The van der Waals surface area contributed by atoms with Crippen LogP contribution in [0.5, 0.6) is 5.75 Å². The van der Waals surface area contributed by atoms with Gasteiger partial charge in [-0.05, 0) is 43.5 Å². The van der Waals surface area contributed by atoms with Crippen molar-refractivity contribution in [3.05, 3.63) is 23.3 Å². The molecule has 0 aliphatic carbocycles. The van der Waals surface area contributed by atoms with Crippen molar-refractivity contribution in [1.29, 1.82) is 0 Å². The van der Waals surface area contributed by atoms with Gasteiger partial charge in [-0.1, -0.05) is 0 Å². The fourth-order valence-corrected chi connectivity index (χ4v) is 3.10. The molecule has 0 radical (unpaired) electrons. The average Bonchev–Trinajstić information content (AvgIpc) is 2.36. The van der Waals surface area contributed by atoms with Crippen LogP contribution < -0.4 is 15.4 Å². The number of benzene rings is 1. The molecule has 0 atom stereocenters. The number of nitrogens with two attached hydrogens (primary N) is 1. The summed E-state index contributed by atoms with van der Waals surface area (Å²) in [5.41, 5.74) is 1.42. The predicted octanol–water partition coefficient (Wildman–Crippen LogP) is 0.871. The largest absolute Gasteiger partial charge is 0.496 e. The molecular formula is C12H20N2O4S. The molecule has 0 aliphatic rings. The molecule has 0 unspecified atom stereocenters. The normalized spacial score (nSPS) is 11.6. The van der Waals surface area contributed by atoms with Crippen molar-refractivity contribution >= 4 is 10.0 Å². The lowest BCUT2D eigenvalue weighted by atomic mass is 10.1. The van der Waals surface area contributed by atoms with Crippen LogP contribution >= 0.6 is 0 Å². The van der Waals surface area contributed by atoms with Gasteiger partial charge in [0, 0.05) is 6.54 Å². The van der Waals surface area contributed by atoms with Gasteiger partial charge < -0.3 is 9.57 Å². The lowest BCUT2D eigenvalue weighted by molar-refractivity contribution is 0.136. The Balaban J connectivity index is 2.92. The van der Waals surface area contributed by atoms with Crippen molar-refractivity contribution in [1.82, 2.24) is 4.72 Å². The molecular weight excluding hydrogens is 268 g/mol. The minimum atomic E-state index is -3.52. The Morgan fingerprint density at radius 2 is 1.95 bits per heavy atom. The van der Waals surface area contributed by atoms with E-state index in [1.165, 1.54) is 0 Å². The first-order valence-corrected chi connectivity index (χ1v) is 7.37. The first-order valence-electron chi connectivity index (χ1n) is 5.89. The van der Waals surface area contributed by atoms with Crippen LogP contribution in [0.25, 0.3) is 0 Å². The van der Waals surface area contributed by atoms with E-state index in [4.69, 9.17) is 10.6 Å². The molecule has 19 heavy (non-hydrogen) atoms. The highest BCUT2D eigenvalue weighted by Gasteiger charge is 2.18. The Labute approximate surface area is 113 Å². The van der Waals surface area contributed by atoms with Gasteiger partial charge in [0.1, 0.15) is 5.75 Å². The predicted molar refractivity (Wildman–Crippen MR) is 72.4 cm³/mol. The molecule has 0 saturated heterocycles. The summed E-state index contributed by atoms with van der Waals surface area (Å²) in [6.45, 7) is 4.13. The summed E-state index contributed by atoms with van der Waals surface area (Å²) in [7, 11) is -1.96. The topological polar surface area (TPSA) is 90.7 Å². The molecule has 1 aromatic carbocycles. The molecule has 0 spiro atoms. The smallest absolute Gasteiger partial charge is 0.240 e. The monoisotopic (exact) mass is 288 g/mol. The molecule has 0 bridgehead atoms. The number of nitrogens with one attached hydrogen (secondary N) is 1. The molecule has 108 valence electrons. The van der Waals surface area contributed by atoms with Gasteiger partial charge in [0.25, 0.3) is 0 Å². The molecule has 0 fully saturated rings. The number of rotatable bonds is 7. The van der Waals surface area contributed by atoms with Crippen LogP contribution in [0.15, 0.2) is 17.0 Å². The Kier molecular flexibility index (Phi) is 5.74. The molecule has 0 saturated carbocycles. The second-order valence-corrected chi connectivity index (χ2v) is 5.94. The van der Waals surface area contributed by atoms with Crippen LogP contribution in [-0.2, 0) is 14.9 Å². The summed E-state index contributed by atoms with van der Waals surface area (Å²) in [6, 6.07) is 3.32. The van der Waals surface area contributed by atoms with Crippen molar-refractivity contribution in [3.63, 3.8) is 0 Å². The van der Waals surface area contributed by atoms with E-state index < -0.39 is 10.0 Å². The Bertz CT molecular complexity index is 529. The molecule has 0 aromatic heterocycles. The second kappa shape index (κ2) is 6.85. The van der Waals surface area contributed by atoms with Crippen LogP contribution in [0, 0.1) is 13.8 Å². The molecule has 1 aromatic rings. The SMILES string of the molecule is COc1cc(C)c(S(=O)(=O)NCCCON)cc1C. The van der Waals surface area contributed by atoms with Gasteiger partial charge in [-0.2, -0.15) is 0 Å². The lowest BCUT2D eigenvalue weighted by Crippen LogP contribution is -2.26. The Hall–Kier alpha value is -1.15. The first-order chi connectivity index (χ1) is 8.92. The highest BCUT2D eigenvalue weighted by atomic mass is 32.2. The molecule has 0 heterocycles. The second-order valence-electron chi connectivity index (χ2n) is 4.21.